The van der Waals surface area contributed by atoms with Crippen molar-refractivity contribution in [3.8, 4) is 0 Å². The molecule has 2 atom stereocenters. The molecule has 0 aromatic carbocycles. The molecule has 0 amide bonds. The average molecular weight is 144 g/mol. The highest BCUT2D eigenvalue weighted by molar-refractivity contribution is 4.82. The summed E-state index contributed by atoms with van der Waals surface area (Å²) in [4.78, 5) is 2.07. The molecule has 0 saturated carbocycles. The predicted molar refractivity (Wildman–Crippen MR) is 41.0 cm³/mol. The Hall–Kier alpha value is -0.120. The molecular weight excluding hydrogens is 128 g/mol. The third-order valence-electron chi connectivity index (χ3n) is 2.08. The Morgan fingerprint density at radius 3 is 2.60 bits per heavy atom. The summed E-state index contributed by atoms with van der Waals surface area (Å²) in [5.74, 6) is 0. The largest absolute Gasteiger partial charge is 0.391 e. The fourth-order valence-electron chi connectivity index (χ4n) is 1.36. The number of nitrogens with zero attached hydrogens (tertiary/aromatic N) is 1. The third kappa shape index (κ3) is 1.68. The van der Waals surface area contributed by atoms with E-state index in [9.17, 15) is 5.11 Å². The lowest BCUT2D eigenvalue weighted by Crippen LogP contribution is -2.51. The summed E-state index contributed by atoms with van der Waals surface area (Å²) in [6.45, 7) is 1.86. The van der Waals surface area contributed by atoms with Gasteiger partial charge in [-0.25, -0.2) is 0 Å². The Kier molecular flexibility index (Phi) is 2.65. The average Bonchev–Trinajstić information content (AvgIpc) is 1.88. The van der Waals surface area contributed by atoms with Crippen molar-refractivity contribution in [2.45, 2.75) is 18.6 Å². The minimum absolute atomic E-state index is 0.142. The number of likely N-dealkylation sites (N-methyl/N-ethyl adjacent to an activating group) is 1. The van der Waals surface area contributed by atoms with Gasteiger partial charge < -0.3 is 15.3 Å². The van der Waals surface area contributed by atoms with E-state index >= 15 is 0 Å². The maximum Gasteiger partial charge on any atom is 0.0719 e. The van der Waals surface area contributed by atoms with Crippen LogP contribution < -0.4 is 5.32 Å². The molecule has 0 aliphatic carbocycles. The minimum Gasteiger partial charge on any atom is -0.391 e. The number of piperidine rings is 1. The predicted octanol–water partition coefficient (Wildman–Crippen LogP) is -0.729. The van der Waals surface area contributed by atoms with Gasteiger partial charge in [0.05, 0.1) is 6.10 Å². The van der Waals surface area contributed by atoms with Gasteiger partial charge in [0.25, 0.3) is 0 Å². The fraction of sp³-hybridized carbons (Fsp3) is 1.00. The molecular formula is C7H16N2O. The zero-order valence-electron chi connectivity index (χ0n) is 6.67. The molecule has 10 heavy (non-hydrogen) atoms. The molecule has 2 unspecified atom stereocenters. The Balaban J connectivity index is 2.40. The Bertz CT molecular complexity index is 106. The standard InChI is InChI=1S/C7H16N2O/c1-9(2)6-5-8-4-3-7(6)10/h6-8,10H,3-5H2,1-2H3. The van der Waals surface area contributed by atoms with E-state index in [-0.39, 0.29) is 6.10 Å². The summed E-state index contributed by atoms with van der Waals surface area (Å²) in [6, 6.07) is 0.300. The van der Waals surface area contributed by atoms with Crippen LogP contribution in [0.3, 0.4) is 0 Å². The van der Waals surface area contributed by atoms with Gasteiger partial charge in [-0.15, -0.1) is 0 Å². The summed E-state index contributed by atoms with van der Waals surface area (Å²) in [7, 11) is 4.00. The Morgan fingerprint density at radius 1 is 1.50 bits per heavy atom. The maximum atomic E-state index is 9.46. The van der Waals surface area contributed by atoms with E-state index in [0.29, 0.717) is 6.04 Å². The van der Waals surface area contributed by atoms with Gasteiger partial charge in [-0.3, -0.25) is 0 Å². The van der Waals surface area contributed by atoms with Crippen LogP contribution in [-0.2, 0) is 0 Å². The number of aliphatic hydroxyl groups is 1. The molecule has 1 heterocycles. The molecule has 3 heteroatoms. The fourth-order valence-corrected chi connectivity index (χ4v) is 1.36. The van der Waals surface area contributed by atoms with Gasteiger partial charge in [-0.05, 0) is 27.1 Å². The van der Waals surface area contributed by atoms with Gasteiger partial charge in [0, 0.05) is 12.6 Å². The first-order valence-electron chi connectivity index (χ1n) is 3.77. The van der Waals surface area contributed by atoms with E-state index < -0.39 is 0 Å². The van der Waals surface area contributed by atoms with Gasteiger partial charge >= 0.3 is 0 Å². The molecule has 1 rings (SSSR count). The van der Waals surface area contributed by atoms with Crippen molar-refractivity contribution in [3.05, 3.63) is 0 Å². The van der Waals surface area contributed by atoms with Crippen LogP contribution in [0.1, 0.15) is 6.42 Å². The Labute approximate surface area is 62.0 Å². The van der Waals surface area contributed by atoms with Gasteiger partial charge in [-0.1, -0.05) is 0 Å². The Morgan fingerprint density at radius 2 is 2.20 bits per heavy atom. The molecule has 0 bridgehead atoms. The molecule has 60 valence electrons. The maximum absolute atomic E-state index is 9.46. The molecule has 2 N–H and O–H groups in total. The number of aliphatic hydroxyl groups excluding tert-OH is 1. The number of hydrogen-bond donors (Lipinski definition) is 2. The molecule has 0 spiro atoms. The highest BCUT2D eigenvalue weighted by Gasteiger charge is 2.23. The van der Waals surface area contributed by atoms with Crippen LogP contribution in [-0.4, -0.2) is 49.3 Å². The van der Waals surface area contributed by atoms with Crippen molar-refractivity contribution in [1.29, 1.82) is 0 Å². The van der Waals surface area contributed by atoms with E-state index in [2.05, 4.69) is 10.2 Å². The lowest BCUT2D eigenvalue weighted by Gasteiger charge is -2.33. The number of nitrogens with one attached hydrogen (secondary N) is 1. The first-order valence-corrected chi connectivity index (χ1v) is 3.77. The topological polar surface area (TPSA) is 35.5 Å². The summed E-state index contributed by atoms with van der Waals surface area (Å²) < 4.78 is 0. The molecule has 1 aliphatic heterocycles. The first-order chi connectivity index (χ1) is 4.72. The van der Waals surface area contributed by atoms with Gasteiger partial charge in [0.2, 0.25) is 0 Å². The van der Waals surface area contributed by atoms with Crippen LogP contribution >= 0.6 is 0 Å². The second-order valence-corrected chi connectivity index (χ2v) is 3.09. The first kappa shape index (κ1) is 7.98. The second-order valence-electron chi connectivity index (χ2n) is 3.09. The summed E-state index contributed by atoms with van der Waals surface area (Å²) >= 11 is 0. The van der Waals surface area contributed by atoms with Crippen molar-refractivity contribution in [2.24, 2.45) is 0 Å². The second kappa shape index (κ2) is 3.32. The van der Waals surface area contributed by atoms with E-state index in [0.717, 1.165) is 19.5 Å². The van der Waals surface area contributed by atoms with Gasteiger partial charge in [0.1, 0.15) is 0 Å². The monoisotopic (exact) mass is 144 g/mol. The number of rotatable bonds is 1. The molecule has 3 nitrogen and oxygen atoms in total. The van der Waals surface area contributed by atoms with Crippen molar-refractivity contribution in [3.63, 3.8) is 0 Å². The van der Waals surface area contributed by atoms with Crippen LogP contribution in [0.4, 0.5) is 0 Å². The van der Waals surface area contributed by atoms with Crippen LogP contribution in [0, 0.1) is 0 Å². The smallest absolute Gasteiger partial charge is 0.0719 e. The molecule has 0 radical (unpaired) electrons. The zero-order chi connectivity index (χ0) is 7.56. The van der Waals surface area contributed by atoms with E-state index in [1.165, 1.54) is 0 Å². The number of hydrogen-bond acceptors (Lipinski definition) is 3. The SMILES string of the molecule is CN(C)C1CNCCC1O. The highest BCUT2D eigenvalue weighted by atomic mass is 16.3. The van der Waals surface area contributed by atoms with E-state index in [1.807, 2.05) is 14.1 Å². The van der Waals surface area contributed by atoms with Crippen LogP contribution in [0.15, 0.2) is 0 Å². The van der Waals surface area contributed by atoms with E-state index in [1.54, 1.807) is 0 Å². The van der Waals surface area contributed by atoms with Crippen LogP contribution in [0.5, 0.6) is 0 Å². The summed E-state index contributed by atoms with van der Waals surface area (Å²) in [5.41, 5.74) is 0. The lowest BCUT2D eigenvalue weighted by atomic mass is 10.0. The lowest BCUT2D eigenvalue weighted by molar-refractivity contribution is 0.0523. The quantitative estimate of drug-likeness (QED) is 0.509. The van der Waals surface area contributed by atoms with Gasteiger partial charge in [0.15, 0.2) is 0 Å². The minimum atomic E-state index is -0.142. The molecule has 1 fully saturated rings. The summed E-state index contributed by atoms with van der Waals surface area (Å²) in [6.07, 6.45) is 0.735. The molecule has 0 aromatic rings. The van der Waals surface area contributed by atoms with Gasteiger partial charge in [-0.2, -0.15) is 0 Å². The van der Waals surface area contributed by atoms with Crippen molar-refractivity contribution >= 4 is 0 Å². The van der Waals surface area contributed by atoms with Crippen molar-refractivity contribution in [2.75, 3.05) is 27.2 Å². The zero-order valence-corrected chi connectivity index (χ0v) is 6.67. The normalized spacial score (nSPS) is 34.8. The van der Waals surface area contributed by atoms with Crippen molar-refractivity contribution < 1.29 is 5.11 Å². The van der Waals surface area contributed by atoms with Crippen LogP contribution in [0.25, 0.3) is 0 Å². The molecule has 1 saturated heterocycles. The van der Waals surface area contributed by atoms with Crippen molar-refractivity contribution in [1.82, 2.24) is 10.2 Å². The highest BCUT2D eigenvalue weighted by Crippen LogP contribution is 2.07. The molecule has 1 aliphatic rings. The summed E-state index contributed by atoms with van der Waals surface area (Å²) in [5, 5.41) is 12.7. The third-order valence-corrected chi connectivity index (χ3v) is 2.08. The molecule has 0 aromatic heterocycles. The van der Waals surface area contributed by atoms with Crippen LogP contribution in [0.2, 0.25) is 0 Å². The van der Waals surface area contributed by atoms with E-state index in [4.69, 9.17) is 0 Å².